The van der Waals surface area contributed by atoms with Crippen molar-refractivity contribution >= 4 is 22.1 Å². The third-order valence-electron chi connectivity index (χ3n) is 4.07. The Bertz CT molecular complexity index is 802. The normalized spacial score (nSPS) is 12.2. The summed E-state index contributed by atoms with van der Waals surface area (Å²) >= 11 is 1.66. The van der Waals surface area contributed by atoms with Crippen molar-refractivity contribution in [2.75, 3.05) is 13.6 Å². The van der Waals surface area contributed by atoms with Crippen LogP contribution in [0.25, 0.3) is 10.8 Å². The number of nitroso groups, excluding NO2 is 1. The molecule has 0 amide bonds. The van der Waals surface area contributed by atoms with Gasteiger partial charge in [-0.05, 0) is 23.3 Å². The maximum absolute atomic E-state index is 10.7. The molecule has 4 nitrogen and oxygen atoms in total. The molecule has 1 N–H and O–H groups in total. The van der Waals surface area contributed by atoms with E-state index in [4.69, 9.17) is 0 Å². The standard InChI is InChI=1S/C18H18N2O2S/c1-20(19-22)11-10-15(17-7-4-12-23-17)16-9-8-13-5-2-3-6-14(13)18(16)21/h2-9,12,15,21H,10-11H2,1H3. The molecule has 0 radical (unpaired) electrons. The summed E-state index contributed by atoms with van der Waals surface area (Å²) in [5.41, 5.74) is 0.894. The van der Waals surface area contributed by atoms with E-state index in [-0.39, 0.29) is 5.92 Å². The number of rotatable bonds is 6. The molecular formula is C18H18N2O2S. The van der Waals surface area contributed by atoms with Crippen LogP contribution >= 0.6 is 11.3 Å². The van der Waals surface area contributed by atoms with E-state index in [1.165, 1.54) is 9.89 Å². The summed E-state index contributed by atoms with van der Waals surface area (Å²) in [6.45, 7) is 0.540. The van der Waals surface area contributed by atoms with Gasteiger partial charge in [0, 0.05) is 35.3 Å². The van der Waals surface area contributed by atoms with Crippen LogP contribution in [0.4, 0.5) is 0 Å². The van der Waals surface area contributed by atoms with Gasteiger partial charge in [0.05, 0.1) is 5.29 Å². The number of nitrogens with zero attached hydrogens (tertiary/aromatic N) is 2. The molecule has 0 fully saturated rings. The fourth-order valence-electron chi connectivity index (χ4n) is 2.85. The molecule has 1 aromatic heterocycles. The van der Waals surface area contributed by atoms with E-state index in [1.54, 1.807) is 18.4 Å². The van der Waals surface area contributed by atoms with E-state index in [1.807, 2.05) is 47.8 Å². The number of fused-ring (bicyclic) bond motifs is 1. The molecule has 2 aromatic carbocycles. The second-order valence-electron chi connectivity index (χ2n) is 5.54. The van der Waals surface area contributed by atoms with E-state index in [0.717, 1.165) is 16.3 Å². The summed E-state index contributed by atoms with van der Waals surface area (Å²) in [6, 6.07) is 15.9. The van der Waals surface area contributed by atoms with Gasteiger partial charge in [0.2, 0.25) is 0 Å². The minimum atomic E-state index is 0.0452. The van der Waals surface area contributed by atoms with Crippen molar-refractivity contribution < 1.29 is 5.11 Å². The van der Waals surface area contributed by atoms with Crippen LogP contribution in [0.1, 0.15) is 22.8 Å². The smallest absolute Gasteiger partial charge is 0.127 e. The van der Waals surface area contributed by atoms with Gasteiger partial charge >= 0.3 is 0 Å². The summed E-state index contributed by atoms with van der Waals surface area (Å²) < 4.78 is 0. The monoisotopic (exact) mass is 326 g/mol. The van der Waals surface area contributed by atoms with Crippen LogP contribution in [-0.4, -0.2) is 23.7 Å². The Morgan fingerprint density at radius 2 is 2.00 bits per heavy atom. The number of benzene rings is 2. The number of hydrogen-bond donors (Lipinski definition) is 1. The number of aromatic hydroxyl groups is 1. The molecule has 0 aliphatic carbocycles. The van der Waals surface area contributed by atoms with Crippen LogP contribution in [-0.2, 0) is 0 Å². The summed E-state index contributed by atoms with van der Waals surface area (Å²) in [5, 5.41) is 19.0. The number of hydrogen-bond acceptors (Lipinski definition) is 4. The lowest BCUT2D eigenvalue weighted by atomic mass is 9.91. The minimum absolute atomic E-state index is 0.0452. The zero-order chi connectivity index (χ0) is 16.2. The molecule has 5 heteroatoms. The Morgan fingerprint density at radius 3 is 2.74 bits per heavy atom. The number of phenols is 1. The molecule has 3 rings (SSSR count). The lowest BCUT2D eigenvalue weighted by Crippen LogP contribution is -2.15. The van der Waals surface area contributed by atoms with E-state index in [0.29, 0.717) is 18.7 Å². The van der Waals surface area contributed by atoms with Crippen LogP contribution in [0.2, 0.25) is 0 Å². The van der Waals surface area contributed by atoms with E-state index >= 15 is 0 Å². The topological polar surface area (TPSA) is 52.9 Å². The Labute approximate surface area is 138 Å². The predicted octanol–water partition coefficient (Wildman–Crippen LogP) is 4.74. The largest absolute Gasteiger partial charge is 0.507 e. The molecular weight excluding hydrogens is 308 g/mol. The van der Waals surface area contributed by atoms with Gasteiger partial charge in [0.15, 0.2) is 0 Å². The average molecular weight is 326 g/mol. The molecule has 0 saturated heterocycles. The first-order chi connectivity index (χ1) is 11.2. The predicted molar refractivity (Wildman–Crippen MR) is 94.8 cm³/mol. The van der Waals surface area contributed by atoms with Crippen LogP contribution in [0, 0.1) is 4.91 Å². The Balaban J connectivity index is 2.02. The molecule has 118 valence electrons. The van der Waals surface area contributed by atoms with Gasteiger partial charge in [0.1, 0.15) is 5.75 Å². The van der Waals surface area contributed by atoms with Crippen LogP contribution in [0.15, 0.2) is 59.2 Å². The van der Waals surface area contributed by atoms with Gasteiger partial charge in [-0.3, -0.25) is 5.01 Å². The number of thiophene rings is 1. The third kappa shape index (κ3) is 3.19. The van der Waals surface area contributed by atoms with Gasteiger partial charge in [0.25, 0.3) is 0 Å². The molecule has 0 spiro atoms. The first kappa shape index (κ1) is 15.5. The van der Waals surface area contributed by atoms with E-state index in [2.05, 4.69) is 11.4 Å². The fourth-order valence-corrected chi connectivity index (χ4v) is 3.73. The van der Waals surface area contributed by atoms with Gasteiger partial charge in [-0.1, -0.05) is 42.5 Å². The highest BCUT2D eigenvalue weighted by molar-refractivity contribution is 7.10. The van der Waals surface area contributed by atoms with Gasteiger partial charge in [-0.15, -0.1) is 16.2 Å². The van der Waals surface area contributed by atoms with Crippen LogP contribution in [0.3, 0.4) is 0 Å². The highest BCUT2D eigenvalue weighted by Crippen LogP contribution is 2.39. The molecule has 1 atom stereocenters. The summed E-state index contributed by atoms with van der Waals surface area (Å²) in [7, 11) is 1.67. The Hall–Kier alpha value is -2.40. The van der Waals surface area contributed by atoms with E-state index in [9.17, 15) is 10.0 Å². The van der Waals surface area contributed by atoms with Crippen molar-refractivity contribution in [1.82, 2.24) is 5.01 Å². The molecule has 0 saturated carbocycles. The highest BCUT2D eigenvalue weighted by atomic mass is 32.1. The summed E-state index contributed by atoms with van der Waals surface area (Å²) in [5.74, 6) is 0.368. The van der Waals surface area contributed by atoms with Crippen molar-refractivity contribution in [3.8, 4) is 5.75 Å². The third-order valence-corrected chi connectivity index (χ3v) is 5.06. The maximum Gasteiger partial charge on any atom is 0.127 e. The lowest BCUT2D eigenvalue weighted by Gasteiger charge is -2.20. The van der Waals surface area contributed by atoms with Crippen LogP contribution in [0.5, 0.6) is 5.75 Å². The molecule has 0 bridgehead atoms. The van der Waals surface area contributed by atoms with Crippen LogP contribution < -0.4 is 0 Å². The molecule has 3 aromatic rings. The van der Waals surface area contributed by atoms with Crippen molar-refractivity contribution in [1.29, 1.82) is 0 Å². The second kappa shape index (κ2) is 6.79. The van der Waals surface area contributed by atoms with Gasteiger partial charge < -0.3 is 5.11 Å². The Kier molecular flexibility index (Phi) is 4.57. The fraction of sp³-hybridized carbons (Fsp3) is 0.222. The average Bonchev–Trinajstić information content (AvgIpc) is 3.11. The van der Waals surface area contributed by atoms with Crippen molar-refractivity contribution in [3.05, 3.63) is 69.3 Å². The summed E-state index contributed by atoms with van der Waals surface area (Å²) in [6.07, 6.45) is 0.717. The van der Waals surface area contributed by atoms with Crippen molar-refractivity contribution in [2.24, 2.45) is 5.29 Å². The second-order valence-corrected chi connectivity index (χ2v) is 6.52. The molecule has 0 aliphatic rings. The SMILES string of the molecule is CN(CCC(c1cccs1)c1ccc2ccccc2c1O)N=O. The first-order valence-corrected chi connectivity index (χ1v) is 8.37. The van der Waals surface area contributed by atoms with Crippen molar-refractivity contribution in [2.45, 2.75) is 12.3 Å². The molecule has 23 heavy (non-hydrogen) atoms. The lowest BCUT2D eigenvalue weighted by molar-refractivity contribution is 0.336. The number of phenolic OH excluding ortho intramolecular Hbond substituents is 1. The molecule has 1 heterocycles. The van der Waals surface area contributed by atoms with Gasteiger partial charge in [-0.2, -0.15) is 0 Å². The van der Waals surface area contributed by atoms with Crippen molar-refractivity contribution in [3.63, 3.8) is 0 Å². The maximum atomic E-state index is 10.7. The zero-order valence-electron chi connectivity index (χ0n) is 12.8. The minimum Gasteiger partial charge on any atom is -0.507 e. The van der Waals surface area contributed by atoms with Gasteiger partial charge in [-0.25, -0.2) is 0 Å². The zero-order valence-corrected chi connectivity index (χ0v) is 13.7. The molecule has 1 unspecified atom stereocenters. The highest BCUT2D eigenvalue weighted by Gasteiger charge is 2.20. The quantitative estimate of drug-likeness (QED) is 0.526. The van der Waals surface area contributed by atoms with E-state index < -0.39 is 0 Å². The Morgan fingerprint density at radius 1 is 1.17 bits per heavy atom. The first-order valence-electron chi connectivity index (χ1n) is 7.49. The molecule has 0 aliphatic heterocycles. The summed E-state index contributed by atoms with van der Waals surface area (Å²) in [4.78, 5) is 11.8.